The second-order valence-electron chi connectivity index (χ2n) is 6.12. The van der Waals surface area contributed by atoms with Crippen LogP contribution in [0.2, 0.25) is 0 Å². The molecule has 7 heteroatoms. The van der Waals surface area contributed by atoms with E-state index < -0.39 is 0 Å². The lowest BCUT2D eigenvalue weighted by molar-refractivity contribution is 0.0812. The summed E-state index contributed by atoms with van der Waals surface area (Å²) in [5.74, 6) is 1.42. The molecule has 0 bridgehead atoms. The molecule has 25 heavy (non-hydrogen) atoms. The number of ether oxygens (including phenoxy) is 4. The van der Waals surface area contributed by atoms with Crippen LogP contribution in [0.15, 0.2) is 22.7 Å². The van der Waals surface area contributed by atoms with Crippen molar-refractivity contribution in [3.8, 4) is 11.5 Å². The van der Waals surface area contributed by atoms with E-state index in [0.717, 1.165) is 17.6 Å². The third-order valence-corrected chi connectivity index (χ3v) is 3.74. The molecule has 6 nitrogen and oxygen atoms in total. The summed E-state index contributed by atoms with van der Waals surface area (Å²) in [6.45, 7) is 5.28. The quantitative estimate of drug-likeness (QED) is 0.432. The number of nitrogens with zero attached hydrogens (tertiary/aromatic N) is 2. The summed E-state index contributed by atoms with van der Waals surface area (Å²) in [5.41, 5.74) is 0. The first-order valence-electron chi connectivity index (χ1n) is 8.49. The lowest BCUT2D eigenvalue weighted by atomic mass is 10.3. The van der Waals surface area contributed by atoms with E-state index in [0.29, 0.717) is 51.1 Å². The first-order chi connectivity index (χ1) is 12.0. The topological polar surface area (TPSA) is 43.4 Å². The summed E-state index contributed by atoms with van der Waals surface area (Å²) in [5, 5.41) is 0. The van der Waals surface area contributed by atoms with Crippen molar-refractivity contribution >= 4 is 15.9 Å². The molecule has 0 aliphatic carbocycles. The summed E-state index contributed by atoms with van der Waals surface area (Å²) in [7, 11) is 8.09. The van der Waals surface area contributed by atoms with Gasteiger partial charge in [-0.25, -0.2) is 0 Å². The van der Waals surface area contributed by atoms with Crippen LogP contribution >= 0.6 is 15.9 Å². The highest BCUT2D eigenvalue weighted by atomic mass is 79.9. The monoisotopic (exact) mass is 418 g/mol. The van der Waals surface area contributed by atoms with Crippen molar-refractivity contribution in [3.63, 3.8) is 0 Å². The fourth-order valence-electron chi connectivity index (χ4n) is 1.83. The van der Waals surface area contributed by atoms with Gasteiger partial charge < -0.3 is 28.7 Å². The molecule has 144 valence electrons. The van der Waals surface area contributed by atoms with Gasteiger partial charge in [0.2, 0.25) is 0 Å². The van der Waals surface area contributed by atoms with Gasteiger partial charge in [0, 0.05) is 17.6 Å². The first kappa shape index (κ1) is 22.2. The molecule has 0 radical (unpaired) electrons. The van der Waals surface area contributed by atoms with Gasteiger partial charge in [0.1, 0.15) is 13.2 Å². The predicted molar refractivity (Wildman–Crippen MR) is 104 cm³/mol. The van der Waals surface area contributed by atoms with E-state index in [2.05, 4.69) is 25.7 Å². The molecular formula is C18H31BrN2O4. The molecule has 0 aromatic heterocycles. The van der Waals surface area contributed by atoms with Crippen LogP contribution in [0.25, 0.3) is 0 Å². The highest BCUT2D eigenvalue weighted by Gasteiger charge is 2.06. The summed E-state index contributed by atoms with van der Waals surface area (Å²) in [4.78, 5) is 4.17. The van der Waals surface area contributed by atoms with Gasteiger partial charge in [0.05, 0.1) is 26.4 Å². The van der Waals surface area contributed by atoms with Gasteiger partial charge in [-0.2, -0.15) is 0 Å². The van der Waals surface area contributed by atoms with Gasteiger partial charge in [-0.05, 0) is 46.4 Å². The summed E-state index contributed by atoms with van der Waals surface area (Å²) in [6, 6.07) is 5.73. The SMILES string of the molecule is CN(C)CCOCCOc1ccc(Br)cc1OCCOCCN(C)C. The molecule has 0 saturated heterocycles. The molecule has 0 saturated carbocycles. The van der Waals surface area contributed by atoms with E-state index in [1.807, 2.05) is 46.4 Å². The van der Waals surface area contributed by atoms with Crippen LogP contribution in [0.1, 0.15) is 0 Å². The Morgan fingerprint density at radius 3 is 1.76 bits per heavy atom. The standard InChI is InChI=1S/C18H31BrN2O4/c1-20(2)7-9-22-11-13-24-17-6-5-16(19)15-18(17)25-14-12-23-10-8-21(3)4/h5-6,15H,7-14H2,1-4H3. The van der Waals surface area contributed by atoms with E-state index in [1.54, 1.807) is 0 Å². The highest BCUT2D eigenvalue weighted by molar-refractivity contribution is 9.10. The van der Waals surface area contributed by atoms with Crippen LogP contribution in [0.3, 0.4) is 0 Å². The van der Waals surface area contributed by atoms with Crippen molar-refractivity contribution in [2.45, 2.75) is 0 Å². The Morgan fingerprint density at radius 1 is 0.720 bits per heavy atom. The lowest BCUT2D eigenvalue weighted by Gasteiger charge is -2.14. The average molecular weight is 419 g/mol. The van der Waals surface area contributed by atoms with Gasteiger partial charge >= 0.3 is 0 Å². The molecule has 1 aromatic carbocycles. The number of hydrogen-bond acceptors (Lipinski definition) is 6. The number of benzene rings is 1. The molecule has 0 aliphatic rings. The number of halogens is 1. The predicted octanol–water partition coefficient (Wildman–Crippen LogP) is 2.36. The van der Waals surface area contributed by atoms with Gasteiger partial charge in [0.15, 0.2) is 11.5 Å². The maximum atomic E-state index is 5.79. The van der Waals surface area contributed by atoms with E-state index in [-0.39, 0.29) is 0 Å². The zero-order valence-corrected chi connectivity index (χ0v) is 17.4. The van der Waals surface area contributed by atoms with Crippen LogP contribution in [0.5, 0.6) is 11.5 Å². The molecule has 0 unspecified atom stereocenters. The number of likely N-dealkylation sites (N-methyl/N-ethyl adjacent to an activating group) is 2. The van der Waals surface area contributed by atoms with Gasteiger partial charge in [-0.1, -0.05) is 15.9 Å². The third kappa shape index (κ3) is 11.4. The Morgan fingerprint density at radius 2 is 1.24 bits per heavy atom. The maximum absolute atomic E-state index is 5.79. The van der Waals surface area contributed by atoms with Gasteiger partial charge in [0.25, 0.3) is 0 Å². The molecule has 0 amide bonds. The third-order valence-electron chi connectivity index (χ3n) is 3.24. The smallest absolute Gasteiger partial charge is 0.162 e. The Bertz CT molecular complexity index is 472. The van der Waals surface area contributed by atoms with E-state index in [9.17, 15) is 0 Å². The highest BCUT2D eigenvalue weighted by Crippen LogP contribution is 2.30. The van der Waals surface area contributed by atoms with Crippen molar-refractivity contribution < 1.29 is 18.9 Å². The molecule has 0 atom stereocenters. The molecule has 0 spiro atoms. The first-order valence-corrected chi connectivity index (χ1v) is 9.28. The van der Waals surface area contributed by atoms with Crippen LogP contribution in [0.4, 0.5) is 0 Å². The largest absolute Gasteiger partial charge is 0.487 e. The maximum Gasteiger partial charge on any atom is 0.162 e. The molecule has 0 heterocycles. The second-order valence-corrected chi connectivity index (χ2v) is 7.03. The van der Waals surface area contributed by atoms with Crippen LogP contribution in [-0.4, -0.2) is 90.7 Å². The molecular weight excluding hydrogens is 388 g/mol. The summed E-state index contributed by atoms with van der Waals surface area (Å²) >= 11 is 3.46. The normalized spacial score (nSPS) is 11.3. The minimum absolute atomic E-state index is 0.486. The van der Waals surface area contributed by atoms with Crippen molar-refractivity contribution in [1.82, 2.24) is 9.80 Å². The lowest BCUT2D eigenvalue weighted by Crippen LogP contribution is -2.20. The van der Waals surface area contributed by atoms with Crippen LogP contribution in [0, 0.1) is 0 Å². The Labute approximate surface area is 160 Å². The van der Waals surface area contributed by atoms with Gasteiger partial charge in [-0.15, -0.1) is 0 Å². The van der Waals surface area contributed by atoms with E-state index >= 15 is 0 Å². The van der Waals surface area contributed by atoms with E-state index in [4.69, 9.17) is 18.9 Å². The van der Waals surface area contributed by atoms with Crippen molar-refractivity contribution in [2.75, 3.05) is 80.9 Å². The fourth-order valence-corrected chi connectivity index (χ4v) is 2.17. The second kappa shape index (κ2) is 13.4. The minimum atomic E-state index is 0.486. The zero-order chi connectivity index (χ0) is 18.5. The zero-order valence-electron chi connectivity index (χ0n) is 15.8. The minimum Gasteiger partial charge on any atom is -0.487 e. The summed E-state index contributed by atoms with van der Waals surface area (Å²) < 4.78 is 23.6. The van der Waals surface area contributed by atoms with Crippen LogP contribution < -0.4 is 9.47 Å². The average Bonchev–Trinajstić information content (AvgIpc) is 2.55. The van der Waals surface area contributed by atoms with Gasteiger partial charge in [-0.3, -0.25) is 0 Å². The van der Waals surface area contributed by atoms with Crippen molar-refractivity contribution in [3.05, 3.63) is 22.7 Å². The molecule has 1 aromatic rings. The Hall–Kier alpha value is -0.860. The van der Waals surface area contributed by atoms with Crippen molar-refractivity contribution in [1.29, 1.82) is 0 Å². The molecule has 1 rings (SSSR count). The fraction of sp³-hybridized carbons (Fsp3) is 0.667. The van der Waals surface area contributed by atoms with Crippen molar-refractivity contribution in [2.24, 2.45) is 0 Å². The molecule has 0 aliphatic heterocycles. The molecule has 0 N–H and O–H groups in total. The van der Waals surface area contributed by atoms with Crippen LogP contribution in [-0.2, 0) is 9.47 Å². The summed E-state index contributed by atoms with van der Waals surface area (Å²) in [6.07, 6.45) is 0. The molecule has 0 fully saturated rings. The number of hydrogen-bond donors (Lipinski definition) is 0. The Balaban J connectivity index is 2.29. The van der Waals surface area contributed by atoms with E-state index in [1.165, 1.54) is 0 Å². The number of rotatable bonds is 14. The Kier molecular flexibility index (Phi) is 11.9.